The maximum absolute atomic E-state index is 10.3. The van der Waals surface area contributed by atoms with Gasteiger partial charge in [0.25, 0.3) is 0 Å². The molecule has 3 atom stereocenters. The fraction of sp³-hybridized carbons (Fsp3) is 0.700. The Bertz CT molecular complexity index is 538. The maximum Gasteiger partial charge on any atom is 0.124 e. The van der Waals surface area contributed by atoms with Crippen LogP contribution >= 0.6 is 0 Å². The lowest BCUT2D eigenvalue weighted by atomic mass is 10.1. The summed E-state index contributed by atoms with van der Waals surface area (Å²) in [5, 5.41) is 17.7. The van der Waals surface area contributed by atoms with Crippen molar-refractivity contribution in [3.8, 4) is 5.75 Å². The first-order chi connectivity index (χ1) is 12.2. The van der Waals surface area contributed by atoms with Gasteiger partial charge in [0, 0.05) is 44.2 Å². The summed E-state index contributed by atoms with van der Waals surface area (Å²) in [5.41, 5.74) is 1.09. The van der Waals surface area contributed by atoms with Crippen molar-refractivity contribution >= 4 is 0 Å². The minimum atomic E-state index is 0.445. The summed E-state index contributed by atoms with van der Waals surface area (Å²) in [6.45, 7) is 13.4. The standard InChI is InChI=1S/C20H34N4O/c1-18-7-14-24(17-19-5-2-3-6-20(19)25)15-10-21-8-4-11-23(13-16-24)12-9-22-18/h2-3,5-6,18,21-22H,4,7-17H2,1H3/p+1. The number of para-hydroxylation sites is 1. The van der Waals surface area contributed by atoms with Crippen LogP contribution in [0.4, 0.5) is 0 Å². The molecule has 2 bridgehead atoms. The van der Waals surface area contributed by atoms with Gasteiger partial charge in [-0.2, -0.15) is 0 Å². The molecule has 140 valence electrons. The highest BCUT2D eigenvalue weighted by Crippen LogP contribution is 2.23. The molecule has 0 amide bonds. The van der Waals surface area contributed by atoms with Gasteiger partial charge in [0.05, 0.1) is 19.6 Å². The molecule has 1 aromatic rings. The average molecular weight is 348 g/mol. The summed E-state index contributed by atoms with van der Waals surface area (Å²) < 4.78 is 1.06. The molecule has 2 saturated heterocycles. The van der Waals surface area contributed by atoms with Crippen LogP contribution in [-0.2, 0) is 6.54 Å². The molecule has 0 radical (unpaired) electrons. The van der Waals surface area contributed by atoms with Gasteiger partial charge in [-0.05, 0) is 38.6 Å². The Morgan fingerprint density at radius 2 is 1.96 bits per heavy atom. The summed E-state index contributed by atoms with van der Waals surface area (Å²) in [6, 6.07) is 8.43. The zero-order valence-corrected chi connectivity index (χ0v) is 15.7. The predicted molar refractivity (Wildman–Crippen MR) is 103 cm³/mol. The van der Waals surface area contributed by atoms with Crippen molar-refractivity contribution in [3.63, 3.8) is 0 Å². The largest absolute Gasteiger partial charge is 0.507 e. The highest BCUT2D eigenvalue weighted by atomic mass is 16.3. The number of aromatic hydroxyl groups is 1. The molecule has 1 aromatic carbocycles. The van der Waals surface area contributed by atoms with E-state index in [1.165, 1.54) is 25.9 Å². The van der Waals surface area contributed by atoms with E-state index in [0.29, 0.717) is 11.8 Å². The molecule has 3 N–H and O–H groups in total. The van der Waals surface area contributed by atoms with E-state index in [1.54, 1.807) is 0 Å². The molecule has 0 spiro atoms. The number of fused-ring (bicyclic) bond motifs is 3. The topological polar surface area (TPSA) is 47.5 Å². The lowest BCUT2D eigenvalue weighted by molar-refractivity contribution is -0.939. The van der Waals surface area contributed by atoms with Crippen LogP contribution in [0.3, 0.4) is 0 Å². The van der Waals surface area contributed by atoms with Gasteiger partial charge in [-0.25, -0.2) is 0 Å². The van der Waals surface area contributed by atoms with Crippen molar-refractivity contribution in [1.82, 2.24) is 15.5 Å². The van der Waals surface area contributed by atoms with Crippen LogP contribution in [0.1, 0.15) is 25.3 Å². The van der Waals surface area contributed by atoms with Gasteiger partial charge < -0.3 is 20.2 Å². The predicted octanol–water partition coefficient (Wildman–Crippen LogP) is 1.39. The lowest BCUT2D eigenvalue weighted by Crippen LogP contribution is -2.57. The molecule has 2 aliphatic rings. The number of quaternary nitrogens is 1. The Labute approximate surface area is 152 Å². The minimum absolute atomic E-state index is 0.445. The second-order valence-electron chi connectivity index (χ2n) is 7.89. The molecule has 0 saturated carbocycles. The SMILES string of the molecule is CC1CC[N+]2(Cc3ccccc3O)CCNCCCN(CCN1)CC2. The fourth-order valence-corrected chi connectivity index (χ4v) is 4.17. The van der Waals surface area contributed by atoms with Crippen LogP contribution in [0, 0.1) is 0 Å². The van der Waals surface area contributed by atoms with Gasteiger partial charge in [0.1, 0.15) is 12.3 Å². The molecule has 5 nitrogen and oxygen atoms in total. The summed E-state index contributed by atoms with van der Waals surface area (Å²) in [5.74, 6) is 0.445. The number of benzene rings is 1. The molecule has 25 heavy (non-hydrogen) atoms. The first-order valence-corrected chi connectivity index (χ1v) is 9.95. The number of phenolic OH excluding ortho intramolecular Hbond substituents is 1. The molecule has 2 heterocycles. The monoisotopic (exact) mass is 347 g/mol. The van der Waals surface area contributed by atoms with Crippen LogP contribution in [0.2, 0.25) is 0 Å². The molecular formula is C20H35N4O+. The van der Waals surface area contributed by atoms with Gasteiger partial charge >= 0.3 is 0 Å². The highest BCUT2D eigenvalue weighted by Gasteiger charge is 2.30. The molecule has 2 fully saturated rings. The number of hydrogen-bond donors (Lipinski definition) is 3. The van der Waals surface area contributed by atoms with Crippen molar-refractivity contribution in [2.75, 3.05) is 58.9 Å². The van der Waals surface area contributed by atoms with Crippen LogP contribution in [0.5, 0.6) is 5.75 Å². The van der Waals surface area contributed by atoms with Crippen molar-refractivity contribution in [1.29, 1.82) is 0 Å². The van der Waals surface area contributed by atoms with Gasteiger partial charge in [-0.1, -0.05) is 12.1 Å². The number of phenols is 1. The Hall–Kier alpha value is -1.14. The van der Waals surface area contributed by atoms with E-state index in [0.717, 1.165) is 62.4 Å². The Morgan fingerprint density at radius 1 is 1.08 bits per heavy atom. The summed E-state index contributed by atoms with van der Waals surface area (Å²) in [6.07, 6.45) is 2.42. The van der Waals surface area contributed by atoms with E-state index in [9.17, 15) is 5.11 Å². The van der Waals surface area contributed by atoms with E-state index in [2.05, 4.69) is 28.5 Å². The zero-order chi connectivity index (χ0) is 17.5. The molecule has 3 rings (SSSR count). The van der Waals surface area contributed by atoms with E-state index >= 15 is 0 Å². The van der Waals surface area contributed by atoms with E-state index in [1.807, 2.05) is 18.2 Å². The number of nitrogens with zero attached hydrogens (tertiary/aromatic N) is 2. The Morgan fingerprint density at radius 3 is 2.84 bits per heavy atom. The van der Waals surface area contributed by atoms with Gasteiger partial charge in [0.2, 0.25) is 0 Å². The smallest absolute Gasteiger partial charge is 0.124 e. The number of hydrogen-bond acceptors (Lipinski definition) is 4. The Kier molecular flexibility index (Phi) is 6.70. The number of nitrogens with one attached hydrogen (secondary N) is 2. The van der Waals surface area contributed by atoms with E-state index in [4.69, 9.17) is 0 Å². The zero-order valence-electron chi connectivity index (χ0n) is 15.7. The van der Waals surface area contributed by atoms with Gasteiger partial charge in [-0.15, -0.1) is 0 Å². The molecule has 0 aromatic heterocycles. The van der Waals surface area contributed by atoms with E-state index < -0.39 is 0 Å². The first-order valence-electron chi connectivity index (χ1n) is 9.95. The molecule has 0 aliphatic carbocycles. The second kappa shape index (κ2) is 8.99. The van der Waals surface area contributed by atoms with Crippen molar-refractivity contribution in [2.24, 2.45) is 0 Å². The van der Waals surface area contributed by atoms with Gasteiger partial charge in [-0.3, -0.25) is 4.90 Å². The fourth-order valence-electron chi connectivity index (χ4n) is 4.17. The summed E-state index contributed by atoms with van der Waals surface area (Å²) in [4.78, 5) is 2.62. The first kappa shape index (κ1) is 18.6. The minimum Gasteiger partial charge on any atom is -0.507 e. The maximum atomic E-state index is 10.3. The van der Waals surface area contributed by atoms with Crippen LogP contribution in [-0.4, -0.2) is 79.4 Å². The highest BCUT2D eigenvalue weighted by molar-refractivity contribution is 5.30. The third-order valence-electron chi connectivity index (χ3n) is 5.94. The molecule has 2 aliphatic heterocycles. The summed E-state index contributed by atoms with van der Waals surface area (Å²) >= 11 is 0. The normalized spacial score (nSPS) is 32.2. The molecule has 3 unspecified atom stereocenters. The third kappa shape index (κ3) is 5.42. The second-order valence-corrected chi connectivity index (χ2v) is 7.89. The summed E-state index contributed by atoms with van der Waals surface area (Å²) in [7, 11) is 0. The van der Waals surface area contributed by atoms with Crippen molar-refractivity contribution < 1.29 is 9.59 Å². The average Bonchev–Trinajstić information content (AvgIpc) is 2.62. The van der Waals surface area contributed by atoms with E-state index in [-0.39, 0.29) is 0 Å². The lowest BCUT2D eigenvalue weighted by Gasteiger charge is -2.42. The van der Waals surface area contributed by atoms with Crippen LogP contribution in [0.15, 0.2) is 24.3 Å². The molecular weight excluding hydrogens is 312 g/mol. The van der Waals surface area contributed by atoms with Crippen LogP contribution < -0.4 is 10.6 Å². The quantitative estimate of drug-likeness (QED) is 0.708. The van der Waals surface area contributed by atoms with Crippen molar-refractivity contribution in [2.45, 2.75) is 32.4 Å². The van der Waals surface area contributed by atoms with Crippen LogP contribution in [0.25, 0.3) is 0 Å². The number of rotatable bonds is 2. The molecule has 5 heteroatoms. The third-order valence-corrected chi connectivity index (χ3v) is 5.94. The van der Waals surface area contributed by atoms with Gasteiger partial charge in [0.15, 0.2) is 0 Å². The van der Waals surface area contributed by atoms with Crippen molar-refractivity contribution in [3.05, 3.63) is 29.8 Å². The Balaban J connectivity index is 1.83.